The molecule has 0 aliphatic rings. The Balaban J connectivity index is 2.19. The Hall–Kier alpha value is -2.10. The molecule has 1 aromatic carbocycles. The summed E-state index contributed by atoms with van der Waals surface area (Å²) in [5.74, 6) is -0.155. The minimum Gasteiger partial charge on any atom is -0.346 e. The van der Waals surface area contributed by atoms with Crippen molar-refractivity contribution < 1.29 is 4.79 Å². The highest BCUT2D eigenvalue weighted by Gasteiger charge is 2.17. The SMILES string of the molecule is CC(C)(C)NC(=O)c1ccn(-c2ccccc2)n1. The number of rotatable bonds is 2. The Kier molecular flexibility index (Phi) is 3.19. The molecule has 0 fully saturated rings. The van der Waals surface area contributed by atoms with Crippen LogP contribution < -0.4 is 5.32 Å². The Morgan fingerprint density at radius 1 is 1.17 bits per heavy atom. The third-order valence-corrected chi connectivity index (χ3v) is 2.33. The maximum absolute atomic E-state index is 11.9. The van der Waals surface area contributed by atoms with E-state index >= 15 is 0 Å². The van der Waals surface area contributed by atoms with Crippen LogP contribution in [0.1, 0.15) is 31.3 Å². The van der Waals surface area contributed by atoms with E-state index < -0.39 is 0 Å². The first-order valence-corrected chi connectivity index (χ1v) is 5.89. The molecule has 1 amide bonds. The molecule has 4 nitrogen and oxygen atoms in total. The van der Waals surface area contributed by atoms with Crippen molar-refractivity contribution in [1.82, 2.24) is 15.1 Å². The van der Waals surface area contributed by atoms with Gasteiger partial charge >= 0.3 is 0 Å². The normalized spacial score (nSPS) is 11.3. The molecule has 0 radical (unpaired) electrons. The van der Waals surface area contributed by atoms with E-state index in [2.05, 4.69) is 10.4 Å². The number of carbonyl (C=O) groups is 1. The van der Waals surface area contributed by atoms with Crippen molar-refractivity contribution in [3.05, 3.63) is 48.3 Å². The zero-order valence-corrected chi connectivity index (χ0v) is 10.8. The van der Waals surface area contributed by atoms with Crippen LogP contribution in [0.5, 0.6) is 0 Å². The summed E-state index contributed by atoms with van der Waals surface area (Å²) in [4.78, 5) is 11.9. The van der Waals surface area contributed by atoms with Crippen molar-refractivity contribution >= 4 is 5.91 Å². The van der Waals surface area contributed by atoms with E-state index in [4.69, 9.17) is 0 Å². The molecule has 0 saturated heterocycles. The lowest BCUT2D eigenvalue weighted by Crippen LogP contribution is -2.40. The minimum absolute atomic E-state index is 0.155. The fourth-order valence-electron chi connectivity index (χ4n) is 1.57. The van der Waals surface area contributed by atoms with Gasteiger partial charge in [-0.15, -0.1) is 0 Å². The first-order chi connectivity index (χ1) is 8.46. The van der Waals surface area contributed by atoms with Crippen molar-refractivity contribution in [2.75, 3.05) is 0 Å². The number of benzene rings is 1. The van der Waals surface area contributed by atoms with E-state index in [-0.39, 0.29) is 11.4 Å². The van der Waals surface area contributed by atoms with Gasteiger partial charge in [0, 0.05) is 11.7 Å². The number of nitrogens with zero attached hydrogens (tertiary/aromatic N) is 2. The minimum atomic E-state index is -0.256. The molecule has 94 valence electrons. The van der Waals surface area contributed by atoms with Gasteiger partial charge in [-0.25, -0.2) is 4.68 Å². The highest BCUT2D eigenvalue weighted by Crippen LogP contribution is 2.08. The molecular formula is C14H17N3O. The highest BCUT2D eigenvalue weighted by atomic mass is 16.2. The molecule has 0 atom stereocenters. The third-order valence-electron chi connectivity index (χ3n) is 2.33. The van der Waals surface area contributed by atoms with Gasteiger partial charge in [0.1, 0.15) is 0 Å². The monoisotopic (exact) mass is 243 g/mol. The highest BCUT2D eigenvalue weighted by molar-refractivity contribution is 5.92. The van der Waals surface area contributed by atoms with Gasteiger partial charge in [-0.1, -0.05) is 18.2 Å². The average Bonchev–Trinajstić information content (AvgIpc) is 2.77. The molecule has 0 aliphatic heterocycles. The maximum atomic E-state index is 11.9. The van der Waals surface area contributed by atoms with Crippen LogP contribution >= 0.6 is 0 Å². The fraction of sp³-hybridized carbons (Fsp3) is 0.286. The van der Waals surface area contributed by atoms with E-state index in [1.54, 1.807) is 16.9 Å². The number of hydrogen-bond donors (Lipinski definition) is 1. The summed E-state index contributed by atoms with van der Waals surface area (Å²) < 4.78 is 1.69. The molecule has 0 aliphatic carbocycles. The van der Waals surface area contributed by atoms with Gasteiger partial charge in [-0.2, -0.15) is 5.10 Å². The summed E-state index contributed by atoms with van der Waals surface area (Å²) in [6, 6.07) is 11.4. The smallest absolute Gasteiger partial charge is 0.272 e. The first-order valence-electron chi connectivity index (χ1n) is 5.89. The lowest BCUT2D eigenvalue weighted by Gasteiger charge is -2.19. The van der Waals surface area contributed by atoms with Gasteiger partial charge in [0.15, 0.2) is 5.69 Å². The Bertz CT molecular complexity index is 538. The van der Waals surface area contributed by atoms with Crippen LogP contribution in [0.3, 0.4) is 0 Å². The molecule has 1 heterocycles. The Morgan fingerprint density at radius 3 is 2.44 bits per heavy atom. The Morgan fingerprint density at radius 2 is 1.83 bits per heavy atom. The van der Waals surface area contributed by atoms with Crippen LogP contribution in [0, 0.1) is 0 Å². The van der Waals surface area contributed by atoms with Crippen LogP contribution in [0.15, 0.2) is 42.6 Å². The molecule has 4 heteroatoms. The summed E-state index contributed by atoms with van der Waals surface area (Å²) in [7, 11) is 0. The zero-order valence-electron chi connectivity index (χ0n) is 10.8. The van der Waals surface area contributed by atoms with E-state index in [1.807, 2.05) is 51.1 Å². The number of aromatic nitrogens is 2. The summed E-state index contributed by atoms with van der Waals surface area (Å²) in [5.41, 5.74) is 1.11. The van der Waals surface area contributed by atoms with Crippen molar-refractivity contribution in [2.24, 2.45) is 0 Å². The van der Waals surface area contributed by atoms with Gasteiger partial charge in [0.25, 0.3) is 5.91 Å². The molecule has 0 unspecified atom stereocenters. The molecule has 0 saturated carbocycles. The van der Waals surface area contributed by atoms with Crippen molar-refractivity contribution in [1.29, 1.82) is 0 Å². The number of amides is 1. The van der Waals surface area contributed by atoms with Crippen molar-refractivity contribution in [3.63, 3.8) is 0 Å². The molecule has 1 aromatic heterocycles. The largest absolute Gasteiger partial charge is 0.346 e. The molecular weight excluding hydrogens is 226 g/mol. The fourth-order valence-corrected chi connectivity index (χ4v) is 1.57. The quantitative estimate of drug-likeness (QED) is 0.880. The summed E-state index contributed by atoms with van der Waals surface area (Å²) in [6.45, 7) is 5.83. The maximum Gasteiger partial charge on any atom is 0.272 e. The molecule has 2 aromatic rings. The second-order valence-corrected chi connectivity index (χ2v) is 5.19. The van der Waals surface area contributed by atoms with Crippen LogP contribution in [0.4, 0.5) is 0 Å². The third kappa shape index (κ3) is 2.97. The van der Waals surface area contributed by atoms with E-state index in [0.717, 1.165) is 5.69 Å². The van der Waals surface area contributed by atoms with E-state index in [9.17, 15) is 4.79 Å². The zero-order chi connectivity index (χ0) is 13.2. The number of hydrogen-bond acceptors (Lipinski definition) is 2. The van der Waals surface area contributed by atoms with Gasteiger partial charge < -0.3 is 5.32 Å². The standard InChI is InChI=1S/C14H17N3O/c1-14(2,3)15-13(18)12-9-10-17(16-12)11-7-5-4-6-8-11/h4-10H,1-3H3,(H,15,18). The number of nitrogens with one attached hydrogen (secondary N) is 1. The van der Waals surface area contributed by atoms with Crippen LogP contribution in [-0.4, -0.2) is 21.2 Å². The van der Waals surface area contributed by atoms with Crippen molar-refractivity contribution in [3.8, 4) is 5.69 Å². The molecule has 0 spiro atoms. The van der Waals surface area contributed by atoms with Crippen LogP contribution in [0.2, 0.25) is 0 Å². The molecule has 1 N–H and O–H groups in total. The van der Waals surface area contributed by atoms with Gasteiger partial charge in [0.05, 0.1) is 5.69 Å². The Labute approximate surface area is 107 Å². The predicted molar refractivity (Wildman–Crippen MR) is 70.8 cm³/mol. The number of carbonyl (C=O) groups excluding carboxylic acids is 1. The van der Waals surface area contributed by atoms with Crippen molar-refractivity contribution in [2.45, 2.75) is 26.3 Å². The molecule has 0 bridgehead atoms. The van der Waals surface area contributed by atoms with E-state index in [1.165, 1.54) is 0 Å². The predicted octanol–water partition coefficient (Wildman–Crippen LogP) is 2.40. The van der Waals surface area contributed by atoms with Crippen LogP contribution in [-0.2, 0) is 0 Å². The second-order valence-electron chi connectivity index (χ2n) is 5.19. The number of para-hydroxylation sites is 1. The summed E-state index contributed by atoms with van der Waals surface area (Å²) >= 11 is 0. The topological polar surface area (TPSA) is 46.9 Å². The van der Waals surface area contributed by atoms with Gasteiger partial charge in [0.2, 0.25) is 0 Å². The lowest BCUT2D eigenvalue weighted by atomic mass is 10.1. The summed E-state index contributed by atoms with van der Waals surface area (Å²) in [5, 5.41) is 7.15. The van der Waals surface area contributed by atoms with Gasteiger partial charge in [-0.05, 0) is 39.0 Å². The second kappa shape index (κ2) is 4.64. The first kappa shape index (κ1) is 12.4. The summed E-state index contributed by atoms with van der Waals surface area (Å²) in [6.07, 6.45) is 1.78. The lowest BCUT2D eigenvalue weighted by molar-refractivity contribution is 0.0914. The van der Waals surface area contributed by atoms with E-state index in [0.29, 0.717) is 5.69 Å². The molecule has 18 heavy (non-hydrogen) atoms. The van der Waals surface area contributed by atoms with Gasteiger partial charge in [-0.3, -0.25) is 4.79 Å². The average molecular weight is 243 g/mol. The molecule has 2 rings (SSSR count). The van der Waals surface area contributed by atoms with Crippen LogP contribution in [0.25, 0.3) is 5.69 Å².